The van der Waals surface area contributed by atoms with Crippen molar-refractivity contribution in [3.8, 4) is 0 Å². The van der Waals surface area contributed by atoms with Crippen LogP contribution >= 0.6 is 104 Å². The van der Waals surface area contributed by atoms with E-state index in [0.29, 0.717) is 0 Å². The SMILES string of the molecule is CC(O)c1c(C(Cl)(Cl)Cl)cc(C(Cl)(Cl)Cl)cc1C(Cl)(Cl)Cl. The number of rotatable bonds is 1. The second-order valence-electron chi connectivity index (χ2n) is 4.15. The number of aliphatic hydroxyl groups is 1. The van der Waals surface area contributed by atoms with E-state index in [1.54, 1.807) is 0 Å². The molecule has 0 heterocycles. The summed E-state index contributed by atoms with van der Waals surface area (Å²) in [5, 5.41) is 9.95. The average Bonchev–Trinajstić information content (AvgIpc) is 2.23. The molecule has 0 saturated heterocycles. The van der Waals surface area contributed by atoms with Crippen LogP contribution in [0.1, 0.15) is 35.3 Å². The Hall–Kier alpha value is 1.79. The molecular weight excluding hydrogens is 467 g/mol. The van der Waals surface area contributed by atoms with Gasteiger partial charge in [-0.3, -0.25) is 0 Å². The van der Waals surface area contributed by atoms with Gasteiger partial charge in [0.05, 0.1) is 6.10 Å². The van der Waals surface area contributed by atoms with E-state index in [9.17, 15) is 5.11 Å². The largest absolute Gasteiger partial charge is 0.389 e. The maximum Gasteiger partial charge on any atom is 0.216 e. The number of hydrogen-bond acceptors (Lipinski definition) is 1. The minimum Gasteiger partial charge on any atom is -0.389 e. The highest BCUT2D eigenvalue weighted by Crippen LogP contribution is 2.51. The topological polar surface area (TPSA) is 20.2 Å². The third-order valence-corrected chi connectivity index (χ3v) is 4.41. The Balaban J connectivity index is 3.85. The van der Waals surface area contributed by atoms with Gasteiger partial charge in [-0.1, -0.05) is 104 Å². The fourth-order valence-corrected chi connectivity index (χ4v) is 3.00. The van der Waals surface area contributed by atoms with Gasteiger partial charge in [0, 0.05) is 16.7 Å². The molecule has 0 fully saturated rings. The molecular formula is C11H7Cl9O. The zero-order chi connectivity index (χ0) is 16.8. The van der Waals surface area contributed by atoms with Crippen molar-refractivity contribution in [1.82, 2.24) is 0 Å². The molecule has 1 rings (SSSR count). The molecule has 1 atom stereocenters. The number of alkyl halides is 9. The summed E-state index contributed by atoms with van der Waals surface area (Å²) in [5.74, 6) is 0. The summed E-state index contributed by atoms with van der Waals surface area (Å²) in [4.78, 5) is 0. The molecule has 0 aliphatic rings. The van der Waals surface area contributed by atoms with Crippen molar-refractivity contribution >= 4 is 104 Å². The number of halogens is 9. The van der Waals surface area contributed by atoms with Crippen LogP contribution in [0.3, 0.4) is 0 Å². The molecule has 0 radical (unpaired) electrons. The first-order valence-electron chi connectivity index (χ1n) is 5.23. The van der Waals surface area contributed by atoms with Gasteiger partial charge in [0.2, 0.25) is 11.4 Å². The van der Waals surface area contributed by atoms with Crippen LogP contribution < -0.4 is 0 Å². The van der Waals surface area contributed by atoms with Gasteiger partial charge < -0.3 is 5.11 Å². The zero-order valence-corrected chi connectivity index (χ0v) is 16.9. The van der Waals surface area contributed by atoms with Crippen molar-refractivity contribution in [3.63, 3.8) is 0 Å². The summed E-state index contributed by atoms with van der Waals surface area (Å²) in [7, 11) is 0. The lowest BCUT2D eigenvalue weighted by molar-refractivity contribution is 0.197. The lowest BCUT2D eigenvalue weighted by Gasteiger charge is -2.27. The highest BCUT2D eigenvalue weighted by atomic mass is 35.6. The molecule has 1 nitrogen and oxygen atoms in total. The third-order valence-electron chi connectivity index (χ3n) is 2.54. The van der Waals surface area contributed by atoms with Crippen LogP contribution in [0.15, 0.2) is 12.1 Å². The predicted octanol–water partition coefficient (Wildman–Crippen LogP) is 7.22. The summed E-state index contributed by atoms with van der Waals surface area (Å²) in [6.45, 7) is 1.43. The quantitative estimate of drug-likeness (QED) is 0.426. The molecule has 10 heteroatoms. The van der Waals surface area contributed by atoms with Crippen molar-refractivity contribution in [3.05, 3.63) is 34.4 Å². The van der Waals surface area contributed by atoms with Gasteiger partial charge in [0.1, 0.15) is 0 Å². The van der Waals surface area contributed by atoms with Gasteiger partial charge in [0.25, 0.3) is 0 Å². The van der Waals surface area contributed by atoms with Crippen molar-refractivity contribution in [2.75, 3.05) is 0 Å². The second kappa shape index (κ2) is 6.96. The maximum absolute atomic E-state index is 9.95. The van der Waals surface area contributed by atoms with E-state index in [2.05, 4.69) is 0 Å². The first-order chi connectivity index (χ1) is 9.15. The lowest BCUT2D eigenvalue weighted by Crippen LogP contribution is -2.18. The number of hydrogen-bond donors (Lipinski definition) is 1. The van der Waals surface area contributed by atoms with Gasteiger partial charge in [0.15, 0.2) is 0 Å². The molecule has 0 aliphatic carbocycles. The summed E-state index contributed by atoms with van der Waals surface area (Å²) in [6.07, 6.45) is -1.08. The molecule has 1 aromatic rings. The second-order valence-corrected chi connectivity index (χ2v) is 11.0. The van der Waals surface area contributed by atoms with Crippen LogP contribution in [0.4, 0.5) is 0 Å². The molecule has 0 aliphatic heterocycles. The lowest BCUT2D eigenvalue weighted by atomic mass is 9.95. The minimum absolute atomic E-state index is 0.0626. The van der Waals surface area contributed by atoms with Gasteiger partial charge in [-0.2, -0.15) is 0 Å². The highest BCUT2D eigenvalue weighted by Gasteiger charge is 2.38. The molecule has 0 spiro atoms. The van der Waals surface area contributed by atoms with E-state index in [4.69, 9.17) is 104 Å². The van der Waals surface area contributed by atoms with E-state index in [1.165, 1.54) is 19.1 Å². The van der Waals surface area contributed by atoms with E-state index >= 15 is 0 Å². The van der Waals surface area contributed by atoms with Gasteiger partial charge >= 0.3 is 0 Å². The van der Waals surface area contributed by atoms with Gasteiger partial charge in [-0.15, -0.1) is 0 Å². The summed E-state index contributed by atoms with van der Waals surface area (Å²) in [6, 6.07) is 2.67. The number of benzene rings is 1. The van der Waals surface area contributed by atoms with Crippen LogP contribution in [-0.4, -0.2) is 5.11 Å². The average molecular weight is 474 g/mol. The minimum atomic E-state index is -1.91. The van der Waals surface area contributed by atoms with Crippen molar-refractivity contribution in [2.45, 2.75) is 24.4 Å². The molecule has 21 heavy (non-hydrogen) atoms. The fraction of sp³-hybridized carbons (Fsp3) is 0.455. The van der Waals surface area contributed by atoms with E-state index in [0.717, 1.165) is 0 Å². The van der Waals surface area contributed by atoms with Crippen LogP contribution in [0.25, 0.3) is 0 Å². The Morgan fingerprint density at radius 2 is 1.10 bits per heavy atom. The first kappa shape index (κ1) is 20.8. The Morgan fingerprint density at radius 1 is 0.762 bits per heavy atom. The van der Waals surface area contributed by atoms with Crippen LogP contribution in [0.2, 0.25) is 0 Å². The summed E-state index contributed by atoms with van der Waals surface area (Å²) in [5.41, 5.74) is 0.410. The fourth-order valence-electron chi connectivity index (χ4n) is 1.74. The van der Waals surface area contributed by atoms with Crippen LogP contribution in [0.5, 0.6) is 0 Å². The molecule has 1 aromatic carbocycles. The first-order valence-corrected chi connectivity index (χ1v) is 8.63. The smallest absolute Gasteiger partial charge is 0.216 e. The molecule has 0 bridgehead atoms. The molecule has 0 amide bonds. The normalized spacial score (nSPS) is 15.2. The summed E-state index contributed by atoms with van der Waals surface area (Å²) < 4.78 is -5.65. The highest BCUT2D eigenvalue weighted by molar-refractivity contribution is 6.68. The van der Waals surface area contributed by atoms with Crippen LogP contribution in [-0.2, 0) is 11.4 Å². The van der Waals surface area contributed by atoms with Crippen molar-refractivity contribution in [1.29, 1.82) is 0 Å². The van der Waals surface area contributed by atoms with E-state index in [-0.39, 0.29) is 22.3 Å². The third kappa shape index (κ3) is 5.39. The summed E-state index contributed by atoms with van der Waals surface area (Å²) >= 11 is 53.0. The zero-order valence-electron chi connectivity index (χ0n) is 10.1. The molecule has 1 N–H and O–H groups in total. The Morgan fingerprint density at radius 3 is 1.29 bits per heavy atom. The van der Waals surface area contributed by atoms with Crippen LogP contribution in [0, 0.1) is 0 Å². The predicted molar refractivity (Wildman–Crippen MR) is 94.8 cm³/mol. The van der Waals surface area contributed by atoms with Crippen molar-refractivity contribution < 1.29 is 5.11 Å². The molecule has 120 valence electrons. The molecule has 0 saturated carbocycles. The molecule has 0 aromatic heterocycles. The standard InChI is InChI=1S/C11H7Cl9O/c1-4(21)8-6(10(15,16)17)2-5(9(12,13)14)3-7(8)11(18,19)20/h2-4,21H,1H3. The van der Waals surface area contributed by atoms with E-state index < -0.39 is 17.5 Å². The Kier molecular flexibility index (Phi) is 6.90. The van der Waals surface area contributed by atoms with E-state index in [1.807, 2.05) is 0 Å². The van der Waals surface area contributed by atoms with Gasteiger partial charge in [-0.25, -0.2) is 0 Å². The monoisotopic (exact) mass is 470 g/mol. The maximum atomic E-state index is 9.95. The molecule has 1 unspecified atom stereocenters. The Labute approximate surface area is 167 Å². The number of aliphatic hydroxyl groups excluding tert-OH is 1. The van der Waals surface area contributed by atoms with Gasteiger partial charge in [-0.05, 0) is 24.6 Å². The Bertz CT molecular complexity index is 487. The van der Waals surface area contributed by atoms with Crippen molar-refractivity contribution in [2.24, 2.45) is 0 Å².